The summed E-state index contributed by atoms with van der Waals surface area (Å²) in [6.45, 7) is 5.58. The highest BCUT2D eigenvalue weighted by Gasteiger charge is 2.55. The van der Waals surface area contributed by atoms with Crippen LogP contribution in [-0.2, 0) is 5.41 Å². The van der Waals surface area contributed by atoms with E-state index >= 15 is 0 Å². The van der Waals surface area contributed by atoms with Crippen LogP contribution in [0.25, 0.3) is 134 Å². The summed E-state index contributed by atoms with van der Waals surface area (Å²) < 4.78 is 25.6. The summed E-state index contributed by atoms with van der Waals surface area (Å²) >= 11 is 0. The number of benzene rings is 22. The molecule has 0 radical (unpaired) electrons. The summed E-state index contributed by atoms with van der Waals surface area (Å²) in [6, 6.07) is 187. The van der Waals surface area contributed by atoms with Gasteiger partial charge in [0.2, 0.25) is 0 Å². The molecule has 22 aromatic rings. The largest absolute Gasteiger partial charge is 0.459 e. The molecule has 6 nitrogen and oxygen atoms in total. The molecule has 0 bridgehead atoms. The first-order valence-corrected chi connectivity index (χ1v) is 50.3. The lowest BCUT2D eigenvalue weighted by atomic mass is 9.29. The number of hydrogen-bond acceptors (Lipinski definition) is 6. The van der Waals surface area contributed by atoms with Crippen molar-refractivity contribution in [1.82, 2.24) is 0 Å². The lowest BCUT2D eigenvalue weighted by molar-refractivity contribution is 0.459. The van der Waals surface area contributed by atoms with E-state index in [1.54, 1.807) is 0 Å². The van der Waals surface area contributed by atoms with E-state index in [1.807, 2.05) is 0 Å². The molecule has 0 amide bonds. The zero-order valence-corrected chi connectivity index (χ0v) is 80.2. The van der Waals surface area contributed by atoms with Crippen molar-refractivity contribution in [3.05, 3.63) is 509 Å². The Kier molecular flexibility index (Phi) is 20.1. The van der Waals surface area contributed by atoms with Crippen LogP contribution >= 0.6 is 0 Å². The second-order valence-corrected chi connectivity index (χ2v) is 39.9. The lowest BCUT2D eigenvalue weighted by Crippen LogP contribution is -2.66. The van der Waals surface area contributed by atoms with Crippen LogP contribution in [0.15, 0.2) is 504 Å². The highest BCUT2D eigenvalue weighted by molar-refractivity contribution is 7.05. The summed E-state index contributed by atoms with van der Waals surface area (Å²) in [5, 5.41) is 0. The Balaban J connectivity index is 0.806. The number of nitrogens with zero attached hydrogens (tertiary/aromatic N) is 3. The van der Waals surface area contributed by atoms with Gasteiger partial charge in [-0.15, -0.1) is 0 Å². The zero-order chi connectivity index (χ0) is 96.1. The van der Waals surface area contributed by atoms with Gasteiger partial charge < -0.3 is 28.9 Å². The van der Waals surface area contributed by atoms with Crippen molar-refractivity contribution in [2.45, 2.75) is 26.2 Å². The van der Waals surface area contributed by atoms with E-state index in [9.17, 15) is 0 Å². The maximum absolute atomic E-state index is 9.02. The third-order valence-electron chi connectivity index (χ3n) is 30.5. The monoisotopic (exact) mass is 1850 g/mol. The maximum atomic E-state index is 9.02. The van der Waals surface area contributed by atoms with E-state index in [2.05, 4.69) is 539 Å². The molecule has 28 rings (SSSR count). The van der Waals surface area contributed by atoms with Gasteiger partial charge in [-0.05, 0) is 210 Å². The first-order chi connectivity index (χ1) is 71.6. The average Bonchev–Trinajstić information content (AvgIpc) is 0.667. The van der Waals surface area contributed by atoms with Gasteiger partial charge in [0.25, 0.3) is 20.1 Å². The molecule has 6 aliphatic heterocycles. The molecule has 22 aromatic carbocycles. The Morgan fingerprint density at radius 2 is 0.462 bits per heavy atom. The molecule has 0 saturated heterocycles. The number of para-hydroxylation sites is 1. The number of anilines is 9. The molecule has 0 unspecified atom stereocenters. The van der Waals surface area contributed by atoms with Crippen LogP contribution < -0.4 is 78.1 Å². The molecule has 0 atom stereocenters. The van der Waals surface area contributed by atoms with Crippen molar-refractivity contribution >= 4 is 120 Å². The van der Waals surface area contributed by atoms with E-state index in [-0.39, 0.29) is 0 Å². The van der Waals surface area contributed by atoms with Gasteiger partial charge in [0.1, 0.15) is 34.5 Å². The molecule has 678 valence electrons. The van der Waals surface area contributed by atoms with E-state index in [0.29, 0.717) is 17.2 Å². The second kappa shape index (κ2) is 34.4. The van der Waals surface area contributed by atoms with Crippen molar-refractivity contribution in [3.63, 3.8) is 0 Å². The van der Waals surface area contributed by atoms with Gasteiger partial charge in [0, 0.05) is 90.6 Å². The van der Waals surface area contributed by atoms with Crippen LogP contribution in [0.3, 0.4) is 0 Å². The Morgan fingerprint density at radius 1 is 0.166 bits per heavy atom. The zero-order valence-electron chi connectivity index (χ0n) is 80.2. The third kappa shape index (κ3) is 14.1. The van der Waals surface area contributed by atoms with Crippen LogP contribution in [0.1, 0.15) is 26.3 Å². The Hall–Kier alpha value is -18.2. The van der Waals surface area contributed by atoms with Gasteiger partial charge in [0.15, 0.2) is 0 Å². The molecule has 145 heavy (non-hydrogen) atoms. The van der Waals surface area contributed by atoms with Crippen LogP contribution in [0.5, 0.6) is 34.5 Å². The summed E-state index contributed by atoms with van der Waals surface area (Å²) in [5.74, 6) is 4.31. The van der Waals surface area contributed by atoms with Crippen molar-refractivity contribution < 1.29 is 14.2 Å². The van der Waals surface area contributed by atoms with Crippen LogP contribution in [0.4, 0.5) is 51.2 Å². The molecule has 0 aliphatic carbocycles. The molecule has 0 fully saturated rings. The van der Waals surface area contributed by atoms with Crippen molar-refractivity contribution in [2.24, 2.45) is 0 Å². The summed E-state index contributed by atoms with van der Waals surface area (Å²) in [7, 11) is 0. The van der Waals surface area contributed by atoms with Gasteiger partial charge in [-0.1, -0.05) is 451 Å². The number of ether oxygens (including phenoxy) is 3. The molecule has 6 heterocycles. The molecule has 6 aliphatic rings. The first kappa shape index (κ1) is 84.9. The van der Waals surface area contributed by atoms with Crippen LogP contribution in [0, 0.1) is 0 Å². The molecule has 0 N–H and O–H groups in total. The first-order valence-electron chi connectivity index (χ1n) is 50.3. The van der Waals surface area contributed by atoms with Crippen molar-refractivity contribution in [3.8, 4) is 168 Å². The highest BCUT2D eigenvalue weighted by Crippen LogP contribution is 2.59. The van der Waals surface area contributed by atoms with E-state index in [4.69, 9.17) is 14.2 Å². The highest BCUT2D eigenvalue weighted by atomic mass is 16.5. The molecular weight excluding hydrogens is 1760 g/mol. The smallest absolute Gasteiger partial charge is 0.265 e. The van der Waals surface area contributed by atoms with Gasteiger partial charge in [-0.25, -0.2) is 0 Å². The van der Waals surface area contributed by atoms with Crippen molar-refractivity contribution in [1.29, 1.82) is 0 Å². The van der Waals surface area contributed by atoms with Gasteiger partial charge >= 0.3 is 0 Å². The summed E-state index contributed by atoms with van der Waals surface area (Å²) in [6.07, 6.45) is 0. The minimum atomic E-state index is -0.604. The topological polar surface area (TPSA) is 37.4 Å². The lowest BCUT2D eigenvalue weighted by Gasteiger charge is -2.48. The van der Waals surface area contributed by atoms with Crippen molar-refractivity contribution in [2.75, 3.05) is 14.7 Å². The summed E-state index contributed by atoms with van der Waals surface area (Å²) in [5.41, 5.74) is 45.0. The fraction of sp³-hybridized carbons (Fsp3) is 0.0294. The maximum Gasteiger partial charge on any atom is 0.265 e. The standard InChI is InChI=1S/C136H92B3N3O3/c1-136(2,3)105-83-118-126-119(84-105)142(133-110(97-61-36-14-37-62-97)77-104(92-51-26-9-27-52-92)78-111(133)98-63-38-15-39-64-98)121-85-124-129-135(128(121)138(126)112-71-67-101(89-45-20-6-21-46-89)81-117(112)141(118)132-108(95-57-32-12-33-58-95)75-103(91-49-24-8-25-50-91)76-109(132)96-59-34-13-35-60-96)145-125-86-120-127-134(130(125)139(129)113-72-68-102(82-123(113)143-124)90-47-22-7-23-48-90)144-122-74-70-100(88-43-18-5-19-44-88)80-115(122)137(127)114-79-99(87-41-16-4-17-42-87)69-73-116(114)140(120)131-106(93-53-28-10-29-54-93)65-40-66-107(131)94-55-30-11-31-56-94/h4-86H,1-3H3. The second-order valence-electron chi connectivity index (χ2n) is 39.9. The predicted octanol–water partition coefficient (Wildman–Crippen LogP) is 30.2. The molecule has 9 heteroatoms. The summed E-state index contributed by atoms with van der Waals surface area (Å²) in [4.78, 5) is 7.98. The van der Waals surface area contributed by atoms with E-state index in [0.717, 1.165) is 257 Å². The Bertz CT molecular complexity index is 8730. The molecular formula is C136H92B3N3O3. The van der Waals surface area contributed by atoms with E-state index < -0.39 is 25.6 Å². The minimum Gasteiger partial charge on any atom is -0.459 e. The molecule has 0 saturated carbocycles. The van der Waals surface area contributed by atoms with Gasteiger partial charge in [0.05, 0.1) is 17.1 Å². The fourth-order valence-electron chi connectivity index (χ4n) is 23.9. The molecule has 0 spiro atoms. The average molecular weight is 1850 g/mol. The SMILES string of the molecule is CC(C)(C)c1cc2c3c(c1)N(c1c(-c4ccccc4)cc(-c4ccccc4)cc1-c1ccccc1)c1cc4c5c(c1B3c1ccc(-c3ccccc3)cc1N2c1c(-c2ccccc2)cc(-c2ccccc2)cc1-c1ccccc1)Oc1cc2c3c(c1B5c1ccc(-c5ccccc5)cc1O4)Oc1ccc(-c4ccccc4)cc1B3c1cc(-c3ccccc3)ccc1N2c1c(-c2ccccc2)cccc1-c1ccccc1. The minimum absolute atomic E-state index is 0.403. The number of hydrogen-bond donors (Lipinski definition) is 0. The van der Waals surface area contributed by atoms with Crippen LogP contribution in [-0.4, -0.2) is 20.1 Å². The molecule has 0 aromatic heterocycles. The fourth-order valence-corrected chi connectivity index (χ4v) is 23.9. The third-order valence-corrected chi connectivity index (χ3v) is 30.5. The van der Waals surface area contributed by atoms with E-state index in [1.165, 1.54) is 0 Å². The van der Waals surface area contributed by atoms with Gasteiger partial charge in [-0.3, -0.25) is 0 Å². The quantitative estimate of drug-likeness (QED) is 0.0953. The number of fused-ring (bicyclic) bond motifs is 14. The normalized spacial score (nSPS) is 12.9. The van der Waals surface area contributed by atoms with Gasteiger partial charge in [-0.2, -0.15) is 0 Å². The number of rotatable bonds is 15. The van der Waals surface area contributed by atoms with Crippen LogP contribution in [0.2, 0.25) is 0 Å². The predicted molar refractivity (Wildman–Crippen MR) is 608 cm³/mol. The Labute approximate surface area is 846 Å². The Morgan fingerprint density at radius 3 is 0.869 bits per heavy atom.